The van der Waals surface area contributed by atoms with Crippen LogP contribution in [-0.4, -0.2) is 25.9 Å². The average Bonchev–Trinajstić information content (AvgIpc) is 2.62. The summed E-state index contributed by atoms with van der Waals surface area (Å²) < 4.78 is 10.9. The van der Waals surface area contributed by atoms with Crippen LogP contribution in [0.1, 0.15) is 9.67 Å². The van der Waals surface area contributed by atoms with E-state index in [0.717, 1.165) is 4.21 Å². The van der Waals surface area contributed by atoms with Crippen molar-refractivity contribution in [3.63, 3.8) is 0 Å². The Morgan fingerprint density at radius 3 is 2.88 bits per heavy atom. The van der Waals surface area contributed by atoms with E-state index >= 15 is 0 Å². The summed E-state index contributed by atoms with van der Waals surface area (Å²) in [6.07, 6.45) is 3.48. The van der Waals surface area contributed by atoms with Crippen LogP contribution in [0.2, 0.25) is 5.02 Å². The summed E-state index contributed by atoms with van der Waals surface area (Å²) in [7, 11) is 1.33. The Kier molecular flexibility index (Phi) is 5.18. The number of rotatable bonds is 5. The van der Waals surface area contributed by atoms with E-state index < -0.39 is 5.97 Å². The Morgan fingerprint density at radius 2 is 2.38 bits per heavy atom. The molecule has 0 saturated heterocycles. The van der Waals surface area contributed by atoms with Gasteiger partial charge in [0.05, 0.1) is 11.3 Å². The number of hydrogen-bond donors (Lipinski definition) is 0. The fraction of sp³-hybridized carbons (Fsp3) is 0.300. The largest absolute Gasteiger partial charge is 0.486 e. The van der Waals surface area contributed by atoms with Crippen LogP contribution in [0.3, 0.4) is 0 Å². The highest BCUT2D eigenvalue weighted by molar-refractivity contribution is 8.00. The van der Waals surface area contributed by atoms with Crippen LogP contribution in [0.25, 0.3) is 0 Å². The average molecular weight is 279 g/mol. The monoisotopic (exact) mass is 278 g/mol. The molecule has 0 bridgehead atoms. The predicted octanol–water partition coefficient (Wildman–Crippen LogP) is 3.47. The van der Waals surface area contributed by atoms with Gasteiger partial charge in [0.2, 0.25) is 0 Å². The predicted molar refractivity (Wildman–Crippen MR) is 68.1 cm³/mol. The molecule has 1 aromatic heterocycles. The maximum atomic E-state index is 11.5. The molecule has 0 unspecified atom stereocenters. The molecule has 0 aromatic carbocycles. The van der Waals surface area contributed by atoms with Crippen molar-refractivity contribution in [2.75, 3.05) is 20.0 Å². The van der Waals surface area contributed by atoms with Crippen molar-refractivity contribution < 1.29 is 14.3 Å². The van der Waals surface area contributed by atoms with Crippen molar-refractivity contribution in [3.8, 4) is 5.75 Å². The van der Waals surface area contributed by atoms with E-state index in [-0.39, 0.29) is 0 Å². The summed E-state index contributed by atoms with van der Waals surface area (Å²) in [6.45, 7) is 3.84. The van der Waals surface area contributed by atoms with Gasteiger partial charge in [-0.3, -0.25) is 0 Å². The van der Waals surface area contributed by atoms with Crippen molar-refractivity contribution >= 4 is 40.7 Å². The number of halogens is 1. The Bertz CT molecular complexity index is 401. The summed E-state index contributed by atoms with van der Waals surface area (Å²) in [4.78, 5) is 11.9. The second-order valence-electron chi connectivity index (χ2n) is 2.66. The van der Waals surface area contributed by atoms with Gasteiger partial charge >= 0.3 is 5.97 Å². The summed E-state index contributed by atoms with van der Waals surface area (Å²) in [6, 6.07) is 0. The van der Waals surface area contributed by atoms with Gasteiger partial charge in [-0.2, -0.15) is 0 Å². The fourth-order valence-corrected chi connectivity index (χ4v) is 3.20. The third-order valence-corrected chi connectivity index (χ3v) is 4.54. The van der Waals surface area contributed by atoms with E-state index in [1.807, 2.05) is 6.26 Å². The number of ether oxygens (including phenoxy) is 2. The molecule has 0 spiro atoms. The van der Waals surface area contributed by atoms with Gasteiger partial charge in [-0.1, -0.05) is 24.3 Å². The topological polar surface area (TPSA) is 35.5 Å². The lowest BCUT2D eigenvalue weighted by Crippen LogP contribution is -2.02. The van der Waals surface area contributed by atoms with Gasteiger partial charge in [-0.05, 0) is 6.26 Å². The maximum Gasteiger partial charge on any atom is 0.351 e. The molecule has 0 saturated carbocycles. The van der Waals surface area contributed by atoms with Crippen molar-refractivity contribution in [2.45, 2.75) is 4.21 Å². The minimum atomic E-state index is -0.439. The van der Waals surface area contributed by atoms with Crippen LogP contribution >= 0.6 is 34.7 Å². The van der Waals surface area contributed by atoms with Crippen LogP contribution in [0.5, 0.6) is 5.75 Å². The van der Waals surface area contributed by atoms with Crippen molar-refractivity contribution in [2.24, 2.45) is 0 Å². The highest BCUT2D eigenvalue weighted by Gasteiger charge is 2.23. The van der Waals surface area contributed by atoms with Crippen molar-refractivity contribution in [3.05, 3.63) is 22.6 Å². The molecule has 88 valence electrons. The second-order valence-corrected chi connectivity index (χ2v) is 5.13. The van der Waals surface area contributed by atoms with Crippen LogP contribution in [0.15, 0.2) is 16.9 Å². The van der Waals surface area contributed by atoms with Gasteiger partial charge in [0.1, 0.15) is 11.6 Å². The number of carbonyl (C=O) groups excluding carboxylic acids is 1. The molecule has 16 heavy (non-hydrogen) atoms. The molecule has 0 atom stereocenters. The first-order chi connectivity index (χ1) is 7.65. The molecule has 1 aromatic rings. The molecular formula is C10H11ClO3S2. The zero-order valence-electron chi connectivity index (χ0n) is 8.91. The van der Waals surface area contributed by atoms with E-state index in [4.69, 9.17) is 16.3 Å². The maximum absolute atomic E-state index is 11.5. The van der Waals surface area contributed by atoms with Crippen molar-refractivity contribution in [1.82, 2.24) is 0 Å². The summed E-state index contributed by atoms with van der Waals surface area (Å²) >= 11 is 8.82. The highest BCUT2D eigenvalue weighted by atomic mass is 35.5. The lowest BCUT2D eigenvalue weighted by atomic mass is 10.4. The van der Waals surface area contributed by atoms with Gasteiger partial charge in [0.15, 0.2) is 10.6 Å². The van der Waals surface area contributed by atoms with Crippen LogP contribution in [-0.2, 0) is 4.74 Å². The van der Waals surface area contributed by atoms with Gasteiger partial charge in [0.25, 0.3) is 0 Å². The molecule has 6 heteroatoms. The molecule has 0 aliphatic carbocycles. The molecule has 0 fully saturated rings. The normalized spacial score (nSPS) is 9.94. The molecular weight excluding hydrogens is 268 g/mol. The summed E-state index contributed by atoms with van der Waals surface area (Å²) in [5, 5.41) is 0.458. The summed E-state index contributed by atoms with van der Waals surface area (Å²) in [5.74, 6) is -0.0611. The Hall–Kier alpha value is -0.650. The molecule has 0 aliphatic heterocycles. The zero-order valence-corrected chi connectivity index (χ0v) is 11.3. The van der Waals surface area contributed by atoms with E-state index in [0.29, 0.717) is 22.3 Å². The van der Waals surface area contributed by atoms with E-state index in [1.54, 1.807) is 6.08 Å². The van der Waals surface area contributed by atoms with Crippen LogP contribution < -0.4 is 4.74 Å². The standard InChI is InChI=1S/C10H11ClO3S2/c1-4-5-14-7-6(11)10(15-3)16-8(7)9(12)13-2/h4H,1,5H2,2-3H3. The zero-order chi connectivity index (χ0) is 12.1. The Balaban J connectivity index is 3.13. The Labute approximate surface area is 107 Å². The number of thiophene rings is 1. The van der Waals surface area contributed by atoms with Gasteiger partial charge in [0, 0.05) is 0 Å². The van der Waals surface area contributed by atoms with E-state index in [1.165, 1.54) is 30.2 Å². The van der Waals surface area contributed by atoms with E-state index in [9.17, 15) is 4.79 Å². The minimum Gasteiger partial charge on any atom is -0.486 e. The molecule has 0 aliphatic rings. The molecule has 0 amide bonds. The highest BCUT2D eigenvalue weighted by Crippen LogP contribution is 2.44. The minimum absolute atomic E-state index is 0.300. The second kappa shape index (κ2) is 6.18. The summed E-state index contributed by atoms with van der Waals surface area (Å²) in [5.41, 5.74) is 0. The molecule has 0 radical (unpaired) electrons. The number of carbonyl (C=O) groups is 1. The third-order valence-electron chi connectivity index (χ3n) is 1.68. The lowest BCUT2D eigenvalue weighted by molar-refractivity contribution is 0.0602. The van der Waals surface area contributed by atoms with Gasteiger partial charge in [-0.15, -0.1) is 23.1 Å². The van der Waals surface area contributed by atoms with Crippen molar-refractivity contribution in [1.29, 1.82) is 0 Å². The quantitative estimate of drug-likeness (QED) is 0.469. The smallest absolute Gasteiger partial charge is 0.351 e. The SMILES string of the molecule is C=CCOc1c(C(=O)OC)sc(SC)c1Cl. The fourth-order valence-electron chi connectivity index (χ4n) is 1.01. The first-order valence-electron chi connectivity index (χ1n) is 4.34. The van der Waals surface area contributed by atoms with E-state index in [2.05, 4.69) is 11.3 Å². The Morgan fingerprint density at radius 1 is 1.69 bits per heavy atom. The first kappa shape index (κ1) is 13.4. The number of methoxy groups -OCH3 is 1. The third kappa shape index (κ3) is 2.72. The molecule has 0 N–H and O–H groups in total. The number of hydrogen-bond acceptors (Lipinski definition) is 5. The molecule has 3 nitrogen and oxygen atoms in total. The number of esters is 1. The van der Waals surface area contributed by atoms with Crippen LogP contribution in [0, 0.1) is 0 Å². The molecule has 1 rings (SSSR count). The van der Waals surface area contributed by atoms with Gasteiger partial charge in [-0.25, -0.2) is 4.79 Å². The lowest BCUT2D eigenvalue weighted by Gasteiger charge is -2.03. The van der Waals surface area contributed by atoms with Gasteiger partial charge < -0.3 is 9.47 Å². The number of thioether (sulfide) groups is 1. The van der Waals surface area contributed by atoms with Crippen LogP contribution in [0.4, 0.5) is 0 Å². The molecule has 1 heterocycles. The first-order valence-corrected chi connectivity index (χ1v) is 6.75.